The molecule has 0 amide bonds. The lowest BCUT2D eigenvalue weighted by molar-refractivity contribution is -0.00874. The molecule has 0 spiro atoms. The van der Waals surface area contributed by atoms with E-state index in [0.717, 1.165) is 18.4 Å². The van der Waals surface area contributed by atoms with Crippen LogP contribution < -0.4 is 5.32 Å². The van der Waals surface area contributed by atoms with Gasteiger partial charge in [0.15, 0.2) is 0 Å². The number of nitrogens with zero attached hydrogens (tertiary/aromatic N) is 1. The quantitative estimate of drug-likeness (QED) is 0.813. The maximum atomic E-state index is 5.58. The molecule has 4 unspecified atom stereocenters. The van der Waals surface area contributed by atoms with Crippen LogP contribution in [0, 0.1) is 11.8 Å². The third-order valence-electron chi connectivity index (χ3n) is 4.51. The first-order valence-corrected chi connectivity index (χ1v) is 7.17. The summed E-state index contributed by atoms with van der Waals surface area (Å²) in [4.78, 5) is 2.59. The Morgan fingerprint density at radius 2 is 2.12 bits per heavy atom. The van der Waals surface area contributed by atoms with Crippen molar-refractivity contribution in [2.24, 2.45) is 11.8 Å². The molecule has 1 N–H and O–H groups in total. The summed E-state index contributed by atoms with van der Waals surface area (Å²) in [7, 11) is 1.85. The second-order valence-electron chi connectivity index (χ2n) is 6.08. The second kappa shape index (κ2) is 6.17. The molecule has 3 nitrogen and oxygen atoms in total. The Labute approximate surface area is 106 Å². The van der Waals surface area contributed by atoms with Gasteiger partial charge in [-0.25, -0.2) is 0 Å². The molecule has 2 saturated heterocycles. The molecular formula is C14H28N2O. The van der Waals surface area contributed by atoms with Crippen LogP contribution in [0.5, 0.6) is 0 Å². The second-order valence-corrected chi connectivity index (χ2v) is 6.08. The van der Waals surface area contributed by atoms with E-state index in [-0.39, 0.29) is 0 Å². The molecule has 2 fully saturated rings. The summed E-state index contributed by atoms with van der Waals surface area (Å²) >= 11 is 0. The Bertz CT molecular complexity index is 234. The Morgan fingerprint density at radius 1 is 1.29 bits per heavy atom. The van der Waals surface area contributed by atoms with Crippen LogP contribution in [0.2, 0.25) is 0 Å². The van der Waals surface area contributed by atoms with Gasteiger partial charge < -0.3 is 10.1 Å². The van der Waals surface area contributed by atoms with E-state index >= 15 is 0 Å². The molecule has 2 aliphatic rings. The molecule has 3 heteroatoms. The molecule has 0 aromatic carbocycles. The summed E-state index contributed by atoms with van der Waals surface area (Å²) in [5.74, 6) is 1.61. The van der Waals surface area contributed by atoms with Gasteiger partial charge in [0, 0.05) is 26.2 Å². The fourth-order valence-electron chi connectivity index (χ4n) is 3.24. The average molecular weight is 240 g/mol. The summed E-state index contributed by atoms with van der Waals surface area (Å²) < 4.78 is 5.58. The van der Waals surface area contributed by atoms with E-state index in [2.05, 4.69) is 24.1 Å². The Morgan fingerprint density at radius 3 is 2.82 bits per heavy atom. The van der Waals surface area contributed by atoms with Crippen molar-refractivity contribution in [1.29, 1.82) is 0 Å². The standard InChI is InChI=1S/C14H28N2O/c1-11-4-6-15-13(8-11)9-16-7-5-12(2)14(10-16)17-3/h11-15H,4-10H2,1-3H3. The molecule has 0 aliphatic carbocycles. The average Bonchev–Trinajstić information content (AvgIpc) is 2.32. The molecule has 0 saturated carbocycles. The minimum Gasteiger partial charge on any atom is -0.380 e. The number of methoxy groups -OCH3 is 1. The number of nitrogens with one attached hydrogen (secondary N) is 1. The van der Waals surface area contributed by atoms with E-state index in [1.54, 1.807) is 0 Å². The third kappa shape index (κ3) is 3.67. The van der Waals surface area contributed by atoms with Crippen molar-refractivity contribution in [3.8, 4) is 0 Å². The van der Waals surface area contributed by atoms with Crippen molar-refractivity contribution < 1.29 is 4.74 Å². The van der Waals surface area contributed by atoms with Gasteiger partial charge in [0.1, 0.15) is 0 Å². The van der Waals surface area contributed by atoms with Gasteiger partial charge in [0.05, 0.1) is 6.10 Å². The number of likely N-dealkylation sites (tertiary alicyclic amines) is 1. The van der Waals surface area contributed by atoms with Crippen molar-refractivity contribution in [3.05, 3.63) is 0 Å². The molecule has 0 aromatic rings. The van der Waals surface area contributed by atoms with Crippen LogP contribution in [0.3, 0.4) is 0 Å². The number of hydrogen-bond donors (Lipinski definition) is 1. The lowest BCUT2D eigenvalue weighted by atomic mass is 9.92. The Hall–Kier alpha value is -0.120. The predicted molar refractivity (Wildman–Crippen MR) is 71.2 cm³/mol. The highest BCUT2D eigenvalue weighted by molar-refractivity contribution is 4.84. The number of hydrogen-bond acceptors (Lipinski definition) is 3. The highest BCUT2D eigenvalue weighted by Gasteiger charge is 2.28. The fourth-order valence-corrected chi connectivity index (χ4v) is 3.24. The van der Waals surface area contributed by atoms with Crippen LogP contribution in [0.25, 0.3) is 0 Å². The summed E-state index contributed by atoms with van der Waals surface area (Å²) in [5.41, 5.74) is 0. The monoisotopic (exact) mass is 240 g/mol. The Balaban J connectivity index is 1.78. The van der Waals surface area contributed by atoms with Gasteiger partial charge in [0.25, 0.3) is 0 Å². The lowest BCUT2D eigenvalue weighted by Gasteiger charge is -2.39. The van der Waals surface area contributed by atoms with Gasteiger partial charge in [-0.1, -0.05) is 13.8 Å². The first-order chi connectivity index (χ1) is 8.19. The minimum atomic E-state index is 0.435. The van der Waals surface area contributed by atoms with Crippen LogP contribution in [-0.4, -0.2) is 50.3 Å². The zero-order chi connectivity index (χ0) is 12.3. The number of ether oxygens (including phenoxy) is 1. The number of rotatable bonds is 3. The molecule has 4 atom stereocenters. The molecule has 2 heterocycles. The molecule has 0 aromatic heterocycles. The highest BCUT2D eigenvalue weighted by Crippen LogP contribution is 2.21. The van der Waals surface area contributed by atoms with Gasteiger partial charge >= 0.3 is 0 Å². The van der Waals surface area contributed by atoms with E-state index in [0.29, 0.717) is 12.1 Å². The topological polar surface area (TPSA) is 24.5 Å². The summed E-state index contributed by atoms with van der Waals surface area (Å²) in [6.45, 7) is 9.45. The molecule has 100 valence electrons. The summed E-state index contributed by atoms with van der Waals surface area (Å²) in [6, 6.07) is 0.699. The van der Waals surface area contributed by atoms with Crippen molar-refractivity contribution >= 4 is 0 Å². The van der Waals surface area contributed by atoms with E-state index in [1.165, 1.54) is 38.9 Å². The first-order valence-electron chi connectivity index (χ1n) is 7.17. The van der Waals surface area contributed by atoms with Crippen molar-refractivity contribution in [1.82, 2.24) is 10.2 Å². The zero-order valence-electron chi connectivity index (χ0n) is 11.6. The largest absolute Gasteiger partial charge is 0.380 e. The SMILES string of the molecule is COC1CN(CC2CC(C)CCN2)CCC1C. The van der Waals surface area contributed by atoms with Crippen LogP contribution in [0.1, 0.15) is 33.1 Å². The summed E-state index contributed by atoms with van der Waals surface area (Å²) in [5, 5.41) is 3.66. The maximum absolute atomic E-state index is 5.58. The molecule has 0 radical (unpaired) electrons. The summed E-state index contributed by atoms with van der Waals surface area (Å²) in [6.07, 6.45) is 4.39. The zero-order valence-corrected chi connectivity index (χ0v) is 11.6. The Kier molecular flexibility index (Phi) is 4.83. The van der Waals surface area contributed by atoms with Gasteiger partial charge in [0.2, 0.25) is 0 Å². The van der Waals surface area contributed by atoms with E-state index in [9.17, 15) is 0 Å². The minimum absolute atomic E-state index is 0.435. The molecule has 17 heavy (non-hydrogen) atoms. The maximum Gasteiger partial charge on any atom is 0.0724 e. The van der Waals surface area contributed by atoms with Gasteiger partial charge in [-0.15, -0.1) is 0 Å². The van der Waals surface area contributed by atoms with Crippen LogP contribution in [0.15, 0.2) is 0 Å². The van der Waals surface area contributed by atoms with E-state index in [1.807, 2.05) is 7.11 Å². The van der Waals surface area contributed by atoms with Crippen LogP contribution >= 0.6 is 0 Å². The fraction of sp³-hybridized carbons (Fsp3) is 1.00. The number of piperidine rings is 2. The normalized spacial score (nSPS) is 40.4. The van der Waals surface area contributed by atoms with Crippen molar-refractivity contribution in [2.75, 3.05) is 33.3 Å². The predicted octanol–water partition coefficient (Wildman–Crippen LogP) is 1.73. The van der Waals surface area contributed by atoms with E-state index < -0.39 is 0 Å². The van der Waals surface area contributed by atoms with Crippen molar-refractivity contribution in [2.45, 2.75) is 45.3 Å². The molecule has 2 aliphatic heterocycles. The van der Waals surface area contributed by atoms with Crippen LogP contribution in [0.4, 0.5) is 0 Å². The lowest BCUT2D eigenvalue weighted by Crippen LogP contribution is -2.51. The van der Waals surface area contributed by atoms with Gasteiger partial charge in [-0.3, -0.25) is 4.90 Å². The van der Waals surface area contributed by atoms with Gasteiger partial charge in [-0.2, -0.15) is 0 Å². The third-order valence-corrected chi connectivity index (χ3v) is 4.51. The molecule has 0 bridgehead atoms. The smallest absolute Gasteiger partial charge is 0.0724 e. The van der Waals surface area contributed by atoms with Gasteiger partial charge in [-0.05, 0) is 44.2 Å². The van der Waals surface area contributed by atoms with Crippen LogP contribution in [-0.2, 0) is 4.74 Å². The highest BCUT2D eigenvalue weighted by atomic mass is 16.5. The first kappa shape index (κ1) is 13.3. The molecular weight excluding hydrogens is 212 g/mol. The van der Waals surface area contributed by atoms with Crippen molar-refractivity contribution in [3.63, 3.8) is 0 Å². The van der Waals surface area contributed by atoms with E-state index in [4.69, 9.17) is 4.74 Å². The molecule has 2 rings (SSSR count).